The first-order chi connectivity index (χ1) is 8.94. The van der Waals surface area contributed by atoms with Gasteiger partial charge >= 0.3 is 5.97 Å². The molecule has 0 aliphatic heterocycles. The van der Waals surface area contributed by atoms with Gasteiger partial charge in [-0.1, -0.05) is 38.5 Å². The molecule has 19 heavy (non-hydrogen) atoms. The Labute approximate surface area is 118 Å². The monoisotopic (exact) mass is 282 g/mol. The van der Waals surface area contributed by atoms with E-state index in [1.54, 1.807) is 0 Å². The Balaban J connectivity index is 2.36. The Bertz CT molecular complexity index is 462. The molecule has 0 unspecified atom stereocenters. The van der Waals surface area contributed by atoms with Gasteiger partial charge in [-0.15, -0.1) is 0 Å². The molecule has 0 bridgehead atoms. The van der Waals surface area contributed by atoms with E-state index in [9.17, 15) is 4.79 Å². The molecule has 106 valence electrons. The van der Waals surface area contributed by atoms with Crippen molar-refractivity contribution in [1.29, 1.82) is 0 Å². The van der Waals surface area contributed by atoms with Crippen LogP contribution >= 0.6 is 11.8 Å². The second-order valence-electron chi connectivity index (χ2n) is 5.84. The van der Waals surface area contributed by atoms with E-state index in [-0.39, 0.29) is 11.3 Å². The average Bonchev–Trinajstić information content (AvgIpc) is 2.93. The highest BCUT2D eigenvalue weighted by Gasteiger charge is 2.34. The van der Waals surface area contributed by atoms with Crippen LogP contribution in [0.3, 0.4) is 0 Å². The van der Waals surface area contributed by atoms with Gasteiger partial charge in [-0.3, -0.25) is 4.79 Å². The SMILES string of the molecule is CC(C)c1cnc(SCC(=O)O)n1C1(C)CCCC1. The zero-order valence-electron chi connectivity index (χ0n) is 11.8. The number of imidazole rings is 1. The predicted octanol–water partition coefficient (Wildman–Crippen LogP) is 3.47. The van der Waals surface area contributed by atoms with Crippen molar-refractivity contribution in [2.45, 2.75) is 63.1 Å². The number of thioether (sulfide) groups is 1. The molecular formula is C14H22N2O2S. The zero-order valence-corrected chi connectivity index (χ0v) is 12.7. The van der Waals surface area contributed by atoms with Crippen LogP contribution in [0.5, 0.6) is 0 Å². The van der Waals surface area contributed by atoms with Crippen LogP contribution in [0.1, 0.15) is 58.1 Å². The molecule has 1 heterocycles. The molecule has 1 fully saturated rings. The number of hydrogen-bond acceptors (Lipinski definition) is 3. The van der Waals surface area contributed by atoms with Gasteiger partial charge in [0.15, 0.2) is 5.16 Å². The van der Waals surface area contributed by atoms with Crippen molar-refractivity contribution >= 4 is 17.7 Å². The van der Waals surface area contributed by atoms with Crippen LogP contribution in [0, 0.1) is 0 Å². The highest BCUT2D eigenvalue weighted by atomic mass is 32.2. The number of aliphatic carboxylic acids is 1. The Morgan fingerprint density at radius 2 is 2.16 bits per heavy atom. The number of nitrogens with zero attached hydrogens (tertiary/aromatic N) is 2. The molecule has 0 aromatic carbocycles. The summed E-state index contributed by atoms with van der Waals surface area (Å²) < 4.78 is 2.30. The summed E-state index contributed by atoms with van der Waals surface area (Å²) in [5, 5.41) is 9.71. The van der Waals surface area contributed by atoms with E-state index < -0.39 is 5.97 Å². The van der Waals surface area contributed by atoms with Crippen molar-refractivity contribution in [3.63, 3.8) is 0 Å². The minimum absolute atomic E-state index is 0.0740. The van der Waals surface area contributed by atoms with Crippen LogP contribution < -0.4 is 0 Å². The quantitative estimate of drug-likeness (QED) is 0.840. The number of aromatic nitrogens is 2. The second-order valence-corrected chi connectivity index (χ2v) is 6.78. The lowest BCUT2D eigenvalue weighted by atomic mass is 9.98. The summed E-state index contributed by atoms with van der Waals surface area (Å²) in [4.78, 5) is 15.2. The number of rotatable bonds is 5. The summed E-state index contributed by atoms with van der Waals surface area (Å²) in [6.07, 6.45) is 6.72. The predicted molar refractivity (Wildman–Crippen MR) is 76.8 cm³/mol. The number of carboxylic acid groups (broad SMARTS) is 1. The Morgan fingerprint density at radius 3 is 2.68 bits per heavy atom. The lowest BCUT2D eigenvalue weighted by Gasteiger charge is -2.30. The fraction of sp³-hybridized carbons (Fsp3) is 0.714. The third kappa shape index (κ3) is 2.96. The van der Waals surface area contributed by atoms with Gasteiger partial charge in [-0.05, 0) is 25.7 Å². The van der Waals surface area contributed by atoms with E-state index in [4.69, 9.17) is 5.11 Å². The minimum Gasteiger partial charge on any atom is -0.481 e. The molecule has 0 spiro atoms. The van der Waals surface area contributed by atoms with Crippen LogP contribution in [-0.2, 0) is 10.3 Å². The molecule has 1 saturated carbocycles. The molecule has 0 atom stereocenters. The molecule has 5 heteroatoms. The Hall–Kier alpha value is -0.970. The first-order valence-electron chi connectivity index (χ1n) is 6.87. The van der Waals surface area contributed by atoms with Crippen molar-refractivity contribution in [2.75, 3.05) is 5.75 Å². The highest BCUT2D eigenvalue weighted by molar-refractivity contribution is 7.99. The standard InChI is InChI=1S/C14H22N2O2S/c1-10(2)11-8-15-13(19-9-12(17)18)16(11)14(3)6-4-5-7-14/h8,10H,4-7,9H2,1-3H3,(H,17,18). The van der Waals surface area contributed by atoms with Crippen molar-refractivity contribution < 1.29 is 9.90 Å². The summed E-state index contributed by atoms with van der Waals surface area (Å²) in [7, 11) is 0. The van der Waals surface area contributed by atoms with Gasteiger partial charge in [0.25, 0.3) is 0 Å². The molecule has 1 N–H and O–H groups in total. The molecule has 1 aromatic heterocycles. The van der Waals surface area contributed by atoms with Crippen molar-refractivity contribution in [2.24, 2.45) is 0 Å². The van der Waals surface area contributed by atoms with E-state index in [0.29, 0.717) is 5.92 Å². The molecule has 1 aliphatic rings. The largest absolute Gasteiger partial charge is 0.481 e. The molecule has 0 radical (unpaired) electrons. The minimum atomic E-state index is -0.790. The van der Waals surface area contributed by atoms with E-state index in [1.807, 2.05) is 6.20 Å². The zero-order chi connectivity index (χ0) is 14.0. The molecule has 0 saturated heterocycles. The Kier molecular flexibility index (Phi) is 4.23. The molecule has 1 aromatic rings. The third-order valence-corrected chi connectivity index (χ3v) is 4.83. The maximum absolute atomic E-state index is 10.8. The lowest BCUT2D eigenvalue weighted by molar-refractivity contribution is -0.133. The summed E-state index contributed by atoms with van der Waals surface area (Å²) in [6.45, 7) is 6.60. The second kappa shape index (κ2) is 5.57. The van der Waals surface area contributed by atoms with Gasteiger partial charge in [0, 0.05) is 17.4 Å². The van der Waals surface area contributed by atoms with Crippen LogP contribution in [-0.4, -0.2) is 26.4 Å². The normalized spacial score (nSPS) is 18.1. The molecule has 2 rings (SSSR count). The van der Waals surface area contributed by atoms with Crippen LogP contribution in [0.2, 0.25) is 0 Å². The van der Waals surface area contributed by atoms with Crippen LogP contribution in [0.15, 0.2) is 11.4 Å². The summed E-state index contributed by atoms with van der Waals surface area (Å²) in [6, 6.07) is 0. The molecule has 4 nitrogen and oxygen atoms in total. The molecule has 1 aliphatic carbocycles. The fourth-order valence-corrected chi connectivity index (χ4v) is 3.72. The van der Waals surface area contributed by atoms with Crippen molar-refractivity contribution in [3.05, 3.63) is 11.9 Å². The first kappa shape index (κ1) is 14.4. The van der Waals surface area contributed by atoms with E-state index in [2.05, 4.69) is 30.3 Å². The van der Waals surface area contributed by atoms with Crippen LogP contribution in [0.25, 0.3) is 0 Å². The highest BCUT2D eigenvalue weighted by Crippen LogP contribution is 2.41. The summed E-state index contributed by atoms with van der Waals surface area (Å²) >= 11 is 1.33. The van der Waals surface area contributed by atoms with Gasteiger partial charge in [-0.25, -0.2) is 4.98 Å². The number of carbonyl (C=O) groups is 1. The maximum Gasteiger partial charge on any atom is 0.313 e. The van der Waals surface area contributed by atoms with Gasteiger partial charge in [0.2, 0.25) is 0 Å². The summed E-state index contributed by atoms with van der Waals surface area (Å²) in [5.41, 5.74) is 1.33. The van der Waals surface area contributed by atoms with Gasteiger partial charge in [-0.2, -0.15) is 0 Å². The number of carboxylic acids is 1. The first-order valence-corrected chi connectivity index (χ1v) is 7.85. The molecule has 0 amide bonds. The molecular weight excluding hydrogens is 260 g/mol. The van der Waals surface area contributed by atoms with E-state index >= 15 is 0 Å². The Morgan fingerprint density at radius 1 is 1.53 bits per heavy atom. The van der Waals surface area contributed by atoms with Gasteiger partial charge < -0.3 is 9.67 Å². The van der Waals surface area contributed by atoms with Crippen LogP contribution in [0.4, 0.5) is 0 Å². The third-order valence-electron chi connectivity index (χ3n) is 3.89. The van der Waals surface area contributed by atoms with Crippen molar-refractivity contribution in [1.82, 2.24) is 9.55 Å². The maximum atomic E-state index is 10.8. The van der Waals surface area contributed by atoms with E-state index in [1.165, 1.54) is 30.3 Å². The topological polar surface area (TPSA) is 55.1 Å². The average molecular weight is 282 g/mol. The smallest absolute Gasteiger partial charge is 0.313 e. The van der Waals surface area contributed by atoms with Crippen molar-refractivity contribution in [3.8, 4) is 0 Å². The summed E-state index contributed by atoms with van der Waals surface area (Å²) in [5.74, 6) is -0.309. The van der Waals surface area contributed by atoms with Gasteiger partial charge in [0.05, 0.1) is 5.75 Å². The van der Waals surface area contributed by atoms with Gasteiger partial charge in [0.1, 0.15) is 0 Å². The fourth-order valence-electron chi connectivity index (χ4n) is 2.89. The number of hydrogen-bond donors (Lipinski definition) is 1. The lowest BCUT2D eigenvalue weighted by Crippen LogP contribution is -2.29. The van der Waals surface area contributed by atoms with E-state index in [0.717, 1.165) is 18.0 Å².